The van der Waals surface area contributed by atoms with Crippen LogP contribution in [-0.4, -0.2) is 56.3 Å². The quantitative estimate of drug-likeness (QED) is 0.486. The van der Waals surface area contributed by atoms with Gasteiger partial charge >= 0.3 is 6.03 Å². The number of hydrogen-bond acceptors (Lipinski definition) is 5. The minimum atomic E-state index is -0.278. The largest absolute Gasteiger partial charge is 0.394 e. The molecule has 1 unspecified atom stereocenters. The number of aliphatic hydroxyl groups is 1. The molecule has 1 aliphatic rings. The number of fused-ring (bicyclic) bond motifs is 3. The zero-order valence-corrected chi connectivity index (χ0v) is 17.4. The summed E-state index contributed by atoms with van der Waals surface area (Å²) < 4.78 is 0. The molecule has 1 aromatic carbocycles. The first-order chi connectivity index (χ1) is 15.1. The molecule has 0 spiro atoms. The van der Waals surface area contributed by atoms with Crippen LogP contribution in [0.15, 0.2) is 36.7 Å². The lowest BCUT2D eigenvalue weighted by Crippen LogP contribution is -2.39. The van der Waals surface area contributed by atoms with E-state index in [1.165, 1.54) is 5.56 Å². The zero-order chi connectivity index (χ0) is 21.8. The molecule has 31 heavy (non-hydrogen) atoms. The maximum Gasteiger partial charge on any atom is 0.322 e. The highest BCUT2D eigenvalue weighted by molar-refractivity contribution is 5.97. The Hall–Kier alpha value is -3.46. The number of carbonyl (C=O) groups is 2. The van der Waals surface area contributed by atoms with Gasteiger partial charge in [-0.25, -0.2) is 9.78 Å². The van der Waals surface area contributed by atoms with Crippen LogP contribution in [-0.2, 0) is 13.0 Å². The number of carbonyl (C=O) groups excluding carboxylic acids is 2. The predicted octanol–water partition coefficient (Wildman–Crippen LogP) is 2.44. The van der Waals surface area contributed by atoms with Gasteiger partial charge in [-0.15, -0.1) is 0 Å². The van der Waals surface area contributed by atoms with Gasteiger partial charge in [-0.2, -0.15) is 5.10 Å². The zero-order valence-electron chi connectivity index (χ0n) is 17.4. The molecule has 2 aromatic heterocycles. The SMILES string of the molecule is CCCC(CO)NC(=O)c1cccc(NC(=O)N2CCc3c(cnc4[nH]ncc34)C2)c1. The van der Waals surface area contributed by atoms with E-state index in [9.17, 15) is 14.7 Å². The number of pyridine rings is 1. The summed E-state index contributed by atoms with van der Waals surface area (Å²) in [6.45, 7) is 2.94. The fourth-order valence-corrected chi connectivity index (χ4v) is 3.90. The third-order valence-corrected chi connectivity index (χ3v) is 5.53. The maximum atomic E-state index is 12.8. The number of aliphatic hydroxyl groups excluding tert-OH is 1. The van der Waals surface area contributed by atoms with E-state index in [4.69, 9.17) is 0 Å². The summed E-state index contributed by atoms with van der Waals surface area (Å²) in [7, 11) is 0. The van der Waals surface area contributed by atoms with Crippen molar-refractivity contribution in [2.24, 2.45) is 0 Å². The molecule has 1 atom stereocenters. The molecule has 0 bridgehead atoms. The first-order valence-corrected chi connectivity index (χ1v) is 10.5. The molecule has 9 heteroatoms. The second-order valence-electron chi connectivity index (χ2n) is 7.72. The van der Waals surface area contributed by atoms with Crippen molar-refractivity contribution in [3.05, 3.63) is 53.3 Å². The van der Waals surface area contributed by atoms with Crippen LogP contribution < -0.4 is 10.6 Å². The third kappa shape index (κ3) is 4.51. The second kappa shape index (κ2) is 9.13. The molecule has 3 amide bonds. The summed E-state index contributed by atoms with van der Waals surface area (Å²) >= 11 is 0. The van der Waals surface area contributed by atoms with Crippen LogP contribution in [0.3, 0.4) is 0 Å². The van der Waals surface area contributed by atoms with Crippen molar-refractivity contribution in [3.63, 3.8) is 0 Å². The van der Waals surface area contributed by atoms with E-state index in [1.807, 2.05) is 6.92 Å². The summed E-state index contributed by atoms with van der Waals surface area (Å²) in [5, 5.41) is 23.0. The van der Waals surface area contributed by atoms with Crippen molar-refractivity contribution in [2.75, 3.05) is 18.5 Å². The van der Waals surface area contributed by atoms with Gasteiger partial charge in [-0.05, 0) is 42.2 Å². The molecule has 9 nitrogen and oxygen atoms in total. The highest BCUT2D eigenvalue weighted by Gasteiger charge is 2.23. The lowest BCUT2D eigenvalue weighted by molar-refractivity contribution is 0.0913. The van der Waals surface area contributed by atoms with Crippen molar-refractivity contribution in [3.8, 4) is 0 Å². The van der Waals surface area contributed by atoms with Crippen LogP contribution in [0, 0.1) is 0 Å². The highest BCUT2D eigenvalue weighted by Crippen LogP contribution is 2.25. The van der Waals surface area contributed by atoms with Crippen LogP contribution >= 0.6 is 0 Å². The van der Waals surface area contributed by atoms with E-state index in [0.29, 0.717) is 30.8 Å². The van der Waals surface area contributed by atoms with Gasteiger partial charge in [0.2, 0.25) is 0 Å². The van der Waals surface area contributed by atoms with E-state index in [1.54, 1.807) is 41.6 Å². The van der Waals surface area contributed by atoms with Gasteiger partial charge in [-0.3, -0.25) is 9.89 Å². The van der Waals surface area contributed by atoms with Crippen LogP contribution in [0.4, 0.5) is 10.5 Å². The summed E-state index contributed by atoms with van der Waals surface area (Å²) in [5.74, 6) is -0.272. The Bertz CT molecular complexity index is 1100. The molecule has 3 aromatic rings. The Morgan fingerprint density at radius 3 is 3.00 bits per heavy atom. The van der Waals surface area contributed by atoms with Gasteiger partial charge in [-0.1, -0.05) is 19.4 Å². The number of aromatic nitrogens is 3. The number of nitrogens with zero attached hydrogens (tertiary/aromatic N) is 3. The topological polar surface area (TPSA) is 123 Å². The fourth-order valence-electron chi connectivity index (χ4n) is 3.90. The maximum absolute atomic E-state index is 12.8. The molecule has 0 saturated heterocycles. The summed E-state index contributed by atoms with van der Waals surface area (Å²) in [4.78, 5) is 31.4. The van der Waals surface area contributed by atoms with Gasteiger partial charge in [0, 0.05) is 35.9 Å². The Labute approximate surface area is 179 Å². The standard InChI is InChI=1S/C22H26N6O3/c1-2-4-17(13-29)25-21(30)14-5-3-6-16(9-14)26-22(31)28-8-7-18-15(12-28)10-23-20-19(18)11-24-27-20/h3,5-6,9-11,17,29H,2,4,7-8,12-13H2,1H3,(H,25,30)(H,26,31)(H,23,24,27). The molecule has 4 N–H and O–H groups in total. The molecule has 0 fully saturated rings. The molecular weight excluding hydrogens is 396 g/mol. The van der Waals surface area contributed by atoms with E-state index in [0.717, 1.165) is 29.4 Å². The number of anilines is 1. The molecule has 0 aliphatic carbocycles. The smallest absolute Gasteiger partial charge is 0.322 e. The van der Waals surface area contributed by atoms with Crippen molar-refractivity contribution in [1.82, 2.24) is 25.4 Å². The molecule has 4 rings (SSSR count). The summed E-state index contributed by atoms with van der Waals surface area (Å²) in [6, 6.07) is 6.29. The minimum absolute atomic E-state index is 0.105. The Kier molecular flexibility index (Phi) is 6.13. The van der Waals surface area contributed by atoms with Gasteiger partial charge in [0.15, 0.2) is 5.65 Å². The Morgan fingerprint density at radius 1 is 1.32 bits per heavy atom. The number of benzene rings is 1. The molecule has 162 valence electrons. The number of nitrogens with one attached hydrogen (secondary N) is 3. The van der Waals surface area contributed by atoms with Gasteiger partial charge in [0.1, 0.15) is 0 Å². The minimum Gasteiger partial charge on any atom is -0.394 e. The van der Waals surface area contributed by atoms with Crippen molar-refractivity contribution >= 4 is 28.7 Å². The predicted molar refractivity (Wildman–Crippen MR) is 117 cm³/mol. The lowest BCUT2D eigenvalue weighted by Gasteiger charge is -2.29. The number of H-pyrrole nitrogens is 1. The van der Waals surface area contributed by atoms with Crippen LogP contribution in [0.5, 0.6) is 0 Å². The van der Waals surface area contributed by atoms with Gasteiger partial charge < -0.3 is 20.6 Å². The van der Waals surface area contributed by atoms with E-state index >= 15 is 0 Å². The number of amides is 3. The summed E-state index contributed by atoms with van der Waals surface area (Å²) in [5.41, 5.74) is 3.92. The van der Waals surface area contributed by atoms with Crippen LogP contribution in [0.2, 0.25) is 0 Å². The average molecular weight is 422 g/mol. The Balaban J connectivity index is 1.42. The van der Waals surface area contributed by atoms with Crippen molar-refractivity contribution in [1.29, 1.82) is 0 Å². The highest BCUT2D eigenvalue weighted by atomic mass is 16.3. The van der Waals surface area contributed by atoms with Crippen LogP contribution in [0.1, 0.15) is 41.3 Å². The van der Waals surface area contributed by atoms with E-state index < -0.39 is 0 Å². The molecule has 0 saturated carbocycles. The van der Waals surface area contributed by atoms with E-state index in [-0.39, 0.29) is 24.6 Å². The van der Waals surface area contributed by atoms with Crippen molar-refractivity contribution in [2.45, 2.75) is 38.8 Å². The fraction of sp³-hybridized carbons (Fsp3) is 0.364. The monoisotopic (exact) mass is 422 g/mol. The molecule has 3 heterocycles. The van der Waals surface area contributed by atoms with Crippen molar-refractivity contribution < 1.29 is 14.7 Å². The van der Waals surface area contributed by atoms with Gasteiger partial charge in [0.05, 0.1) is 18.8 Å². The molecule has 0 radical (unpaired) electrons. The lowest BCUT2D eigenvalue weighted by atomic mass is 9.99. The van der Waals surface area contributed by atoms with Gasteiger partial charge in [0.25, 0.3) is 5.91 Å². The average Bonchev–Trinajstić information content (AvgIpc) is 3.28. The first kappa shape index (κ1) is 20.8. The molecular formula is C22H26N6O3. The molecule has 1 aliphatic heterocycles. The number of hydrogen-bond donors (Lipinski definition) is 4. The third-order valence-electron chi connectivity index (χ3n) is 5.53. The first-order valence-electron chi connectivity index (χ1n) is 10.5. The number of rotatable bonds is 6. The van der Waals surface area contributed by atoms with E-state index in [2.05, 4.69) is 25.8 Å². The van der Waals surface area contributed by atoms with Crippen LogP contribution in [0.25, 0.3) is 11.0 Å². The normalized spacial score (nSPS) is 14.2. The summed E-state index contributed by atoms with van der Waals surface area (Å²) in [6.07, 6.45) is 5.85. The Morgan fingerprint density at radius 2 is 2.19 bits per heavy atom. The number of urea groups is 1. The second-order valence-corrected chi connectivity index (χ2v) is 7.72. The number of aromatic amines is 1.